The Bertz CT molecular complexity index is 2040. The summed E-state index contributed by atoms with van der Waals surface area (Å²) >= 11 is 0. The molecule has 1 saturated carbocycles. The van der Waals surface area contributed by atoms with Gasteiger partial charge in [-0.1, -0.05) is 97.1 Å². The normalized spacial score (nSPS) is 21.2. The number of imide groups is 1. The molecule has 4 atom stereocenters. The average molecular weight is 605 g/mol. The molecular formula is C39H28N2O5. The first-order chi connectivity index (χ1) is 22.5. The Morgan fingerprint density at radius 1 is 0.717 bits per heavy atom. The number of hydrogen-bond donors (Lipinski definition) is 0. The lowest BCUT2D eigenvalue weighted by atomic mass is 9.85. The lowest BCUT2D eigenvalue weighted by Crippen LogP contribution is -2.32. The van der Waals surface area contributed by atoms with Crippen molar-refractivity contribution in [3.8, 4) is 22.4 Å². The number of allylic oxidation sites excluding steroid dienone is 2. The number of rotatable bonds is 7. The molecule has 0 N–H and O–H groups in total. The van der Waals surface area contributed by atoms with Crippen LogP contribution in [0.2, 0.25) is 0 Å². The number of esters is 1. The largest absolute Gasteiger partial charge is 0.454 e. The van der Waals surface area contributed by atoms with Gasteiger partial charge >= 0.3 is 5.97 Å². The molecule has 7 nitrogen and oxygen atoms in total. The molecule has 7 heteroatoms. The van der Waals surface area contributed by atoms with Gasteiger partial charge in [0.1, 0.15) is 0 Å². The van der Waals surface area contributed by atoms with Crippen molar-refractivity contribution in [3.63, 3.8) is 0 Å². The van der Waals surface area contributed by atoms with Crippen LogP contribution in [0.15, 0.2) is 121 Å². The van der Waals surface area contributed by atoms with Crippen molar-refractivity contribution in [1.82, 2.24) is 4.98 Å². The van der Waals surface area contributed by atoms with E-state index in [1.165, 1.54) is 4.90 Å². The Labute approximate surface area is 265 Å². The van der Waals surface area contributed by atoms with Gasteiger partial charge in [-0.25, -0.2) is 9.78 Å². The van der Waals surface area contributed by atoms with Crippen molar-refractivity contribution in [1.29, 1.82) is 0 Å². The molecule has 2 heterocycles. The zero-order valence-electron chi connectivity index (χ0n) is 24.7. The van der Waals surface area contributed by atoms with E-state index in [0.29, 0.717) is 33.4 Å². The third-order valence-corrected chi connectivity index (χ3v) is 9.48. The molecule has 1 aliphatic heterocycles. The number of aromatic nitrogens is 1. The number of benzene rings is 4. The molecule has 2 amide bonds. The number of anilines is 1. The van der Waals surface area contributed by atoms with Crippen molar-refractivity contribution in [2.24, 2.45) is 23.7 Å². The summed E-state index contributed by atoms with van der Waals surface area (Å²) in [7, 11) is 0. The summed E-state index contributed by atoms with van der Waals surface area (Å²) in [5.74, 6) is -1.44. The minimum absolute atomic E-state index is 0.129. The molecule has 46 heavy (non-hydrogen) atoms. The fourth-order valence-electron chi connectivity index (χ4n) is 7.20. The maximum atomic E-state index is 13.4. The first-order valence-electron chi connectivity index (χ1n) is 15.4. The fraction of sp³-hybridized carbons (Fsp3) is 0.154. The van der Waals surface area contributed by atoms with Crippen molar-refractivity contribution in [2.75, 3.05) is 11.5 Å². The van der Waals surface area contributed by atoms with E-state index in [2.05, 4.69) is 12.2 Å². The lowest BCUT2D eigenvalue weighted by molar-refractivity contribution is -0.123. The van der Waals surface area contributed by atoms with Crippen molar-refractivity contribution >= 4 is 40.2 Å². The maximum Gasteiger partial charge on any atom is 0.339 e. The Kier molecular flexibility index (Phi) is 6.68. The number of hydrogen-bond acceptors (Lipinski definition) is 6. The molecule has 8 rings (SSSR count). The third-order valence-electron chi connectivity index (χ3n) is 9.48. The van der Waals surface area contributed by atoms with Gasteiger partial charge in [0.05, 0.1) is 34.3 Å². The highest BCUT2D eigenvalue weighted by Gasteiger charge is 2.59. The van der Waals surface area contributed by atoms with Crippen molar-refractivity contribution in [3.05, 3.63) is 132 Å². The summed E-state index contributed by atoms with van der Waals surface area (Å²) in [5, 5.41) is 0.607. The Hall–Kier alpha value is -5.69. The minimum Gasteiger partial charge on any atom is -0.454 e. The van der Waals surface area contributed by atoms with Gasteiger partial charge in [-0.2, -0.15) is 0 Å². The molecule has 1 saturated heterocycles. The second-order valence-corrected chi connectivity index (χ2v) is 12.1. The highest BCUT2D eigenvalue weighted by atomic mass is 16.5. The van der Waals surface area contributed by atoms with E-state index < -0.39 is 12.6 Å². The van der Waals surface area contributed by atoms with Crippen LogP contribution in [0.5, 0.6) is 0 Å². The number of pyridine rings is 1. The monoisotopic (exact) mass is 604 g/mol. The number of amides is 2. The number of nitrogens with zero attached hydrogens (tertiary/aromatic N) is 2. The van der Waals surface area contributed by atoms with E-state index in [1.54, 1.807) is 48.5 Å². The number of carbonyl (C=O) groups excluding carboxylic acids is 4. The SMILES string of the molecule is O=C(COC(=O)c1cc(-c2ccc(N3C(=O)C4C5C=CC(C5)C4C3=O)cc2)nc2ccccc12)c1ccc(-c2ccccc2)cc1. The lowest BCUT2D eigenvalue weighted by Gasteiger charge is -2.17. The molecule has 224 valence electrons. The zero-order chi connectivity index (χ0) is 31.4. The molecule has 1 aromatic heterocycles. The Morgan fingerprint density at radius 3 is 2.02 bits per heavy atom. The van der Waals surface area contributed by atoms with Crippen LogP contribution < -0.4 is 4.90 Å². The van der Waals surface area contributed by atoms with E-state index in [-0.39, 0.29) is 46.8 Å². The van der Waals surface area contributed by atoms with Crippen LogP contribution in [0.3, 0.4) is 0 Å². The van der Waals surface area contributed by atoms with Crippen molar-refractivity contribution < 1.29 is 23.9 Å². The molecule has 0 radical (unpaired) electrons. The molecule has 2 bridgehead atoms. The second kappa shape index (κ2) is 11.0. The first kappa shape index (κ1) is 27.8. The Balaban J connectivity index is 1.01. The minimum atomic E-state index is -0.631. The van der Waals surface area contributed by atoms with Crippen LogP contribution in [0.4, 0.5) is 5.69 Å². The number of para-hydroxylation sites is 1. The van der Waals surface area contributed by atoms with Crippen LogP contribution in [0.1, 0.15) is 27.1 Å². The van der Waals surface area contributed by atoms with Gasteiger partial charge in [0.15, 0.2) is 12.4 Å². The van der Waals surface area contributed by atoms with Gasteiger partial charge in [0, 0.05) is 16.5 Å². The van der Waals surface area contributed by atoms with E-state index in [9.17, 15) is 19.2 Å². The van der Waals surface area contributed by atoms with Gasteiger partial charge < -0.3 is 4.74 Å². The smallest absolute Gasteiger partial charge is 0.339 e. The van der Waals surface area contributed by atoms with E-state index in [1.807, 2.05) is 60.7 Å². The molecule has 3 aliphatic rings. The number of Topliss-reactive ketones (excluding diaryl/α,β-unsaturated/α-hetero) is 1. The van der Waals surface area contributed by atoms with Gasteiger partial charge in [-0.3, -0.25) is 19.3 Å². The van der Waals surface area contributed by atoms with E-state index in [4.69, 9.17) is 9.72 Å². The topological polar surface area (TPSA) is 93.6 Å². The highest BCUT2D eigenvalue weighted by molar-refractivity contribution is 6.23. The van der Waals surface area contributed by atoms with E-state index in [0.717, 1.165) is 17.5 Å². The zero-order valence-corrected chi connectivity index (χ0v) is 24.7. The number of fused-ring (bicyclic) bond motifs is 6. The van der Waals surface area contributed by atoms with Gasteiger partial charge in [-0.05, 0) is 53.6 Å². The molecule has 4 unspecified atom stereocenters. The van der Waals surface area contributed by atoms with Crippen LogP contribution in [-0.2, 0) is 14.3 Å². The van der Waals surface area contributed by atoms with E-state index >= 15 is 0 Å². The molecule has 5 aromatic rings. The third kappa shape index (κ3) is 4.63. The maximum absolute atomic E-state index is 13.4. The summed E-state index contributed by atoms with van der Waals surface area (Å²) in [6.07, 6.45) is 5.04. The molecule has 2 aliphatic carbocycles. The van der Waals surface area contributed by atoms with Crippen LogP contribution in [0.25, 0.3) is 33.3 Å². The Morgan fingerprint density at radius 2 is 1.33 bits per heavy atom. The number of ether oxygens (including phenoxy) is 1. The molecule has 0 spiro atoms. The molecule has 4 aromatic carbocycles. The fourth-order valence-corrected chi connectivity index (χ4v) is 7.20. The number of carbonyl (C=O) groups is 4. The number of ketones is 1. The summed E-state index contributed by atoms with van der Waals surface area (Å²) in [6, 6.07) is 33.1. The summed E-state index contributed by atoms with van der Waals surface area (Å²) in [4.78, 5) is 58.9. The summed E-state index contributed by atoms with van der Waals surface area (Å²) in [5.41, 5.74) is 5.14. The quantitative estimate of drug-likeness (QED) is 0.0867. The van der Waals surface area contributed by atoms with Crippen molar-refractivity contribution in [2.45, 2.75) is 6.42 Å². The average Bonchev–Trinajstić information content (AvgIpc) is 3.80. The summed E-state index contributed by atoms with van der Waals surface area (Å²) < 4.78 is 5.52. The second-order valence-electron chi connectivity index (χ2n) is 12.1. The van der Waals surface area contributed by atoms with Gasteiger partial charge in [-0.15, -0.1) is 0 Å². The summed E-state index contributed by atoms with van der Waals surface area (Å²) in [6.45, 7) is -0.401. The van der Waals surface area contributed by atoms with Crippen LogP contribution in [-0.4, -0.2) is 35.2 Å². The predicted octanol–water partition coefficient (Wildman–Crippen LogP) is 6.92. The first-order valence-corrected chi connectivity index (χ1v) is 15.4. The van der Waals surface area contributed by atoms with Gasteiger partial charge in [0.2, 0.25) is 11.8 Å². The van der Waals surface area contributed by atoms with Crippen LogP contribution in [0, 0.1) is 23.7 Å². The molecular weight excluding hydrogens is 576 g/mol. The van der Waals surface area contributed by atoms with Crippen LogP contribution >= 0.6 is 0 Å². The van der Waals surface area contributed by atoms with Gasteiger partial charge in [0.25, 0.3) is 0 Å². The standard InChI is InChI=1S/C39H28N2O5/c42-34(26-12-10-24(11-13-26)23-6-2-1-3-7-23)22-46-39(45)31-21-33(40-32-9-5-4-8-30(31)32)25-16-18-29(19-17-25)41-37(43)35-27-14-15-28(20-27)36(35)38(41)44/h1-19,21,27-28,35-36H,20,22H2. The highest BCUT2D eigenvalue weighted by Crippen LogP contribution is 2.53. The molecule has 2 fully saturated rings. The predicted molar refractivity (Wildman–Crippen MR) is 174 cm³/mol.